The molecule has 0 bridgehead atoms. The first-order chi connectivity index (χ1) is 24.2. The number of carbonyl (C=O) groups excluding carboxylic acids is 5. The highest BCUT2D eigenvalue weighted by molar-refractivity contribution is 8.03. The van der Waals surface area contributed by atoms with Crippen molar-refractivity contribution in [1.82, 2.24) is 0 Å². The van der Waals surface area contributed by atoms with Gasteiger partial charge in [-0.25, -0.2) is 4.79 Å². The van der Waals surface area contributed by atoms with E-state index in [4.69, 9.17) is 37.9 Å². The van der Waals surface area contributed by atoms with Gasteiger partial charge in [-0.05, 0) is 48.2 Å². The van der Waals surface area contributed by atoms with Gasteiger partial charge in [0.2, 0.25) is 0 Å². The fourth-order valence-corrected chi connectivity index (χ4v) is 5.72. The summed E-state index contributed by atoms with van der Waals surface area (Å²) in [5.41, 5.74) is 0.0229. The van der Waals surface area contributed by atoms with Crippen LogP contribution in [0.3, 0.4) is 0 Å². The number of ether oxygens (including phenoxy) is 8. The van der Waals surface area contributed by atoms with Crippen molar-refractivity contribution in [3.8, 4) is 28.4 Å². The summed E-state index contributed by atoms with van der Waals surface area (Å²) in [6, 6.07) is 14.0. The summed E-state index contributed by atoms with van der Waals surface area (Å²) in [6.07, 6.45) is -0.889. The lowest BCUT2D eigenvalue weighted by atomic mass is 9.77. The second-order valence-corrected chi connectivity index (χ2v) is 11.6. The van der Waals surface area contributed by atoms with Gasteiger partial charge in [0.25, 0.3) is 0 Å². The minimum atomic E-state index is -1.52. The molecule has 0 radical (unpaired) electrons. The summed E-state index contributed by atoms with van der Waals surface area (Å²) in [6.45, 7) is 0.581. The Labute approximate surface area is 290 Å². The molecule has 0 unspecified atom stereocenters. The van der Waals surface area contributed by atoms with Crippen LogP contribution >= 0.6 is 11.8 Å². The van der Waals surface area contributed by atoms with Crippen LogP contribution in [0.25, 0.3) is 0 Å². The van der Waals surface area contributed by atoms with E-state index < -0.39 is 35.4 Å². The molecule has 0 aromatic heterocycles. The van der Waals surface area contributed by atoms with Crippen LogP contribution < -0.4 is 14.2 Å². The summed E-state index contributed by atoms with van der Waals surface area (Å²) in [5, 5.41) is 11.2. The largest absolute Gasteiger partial charge is 0.463 e. The zero-order valence-electron chi connectivity index (χ0n) is 27.0. The lowest BCUT2D eigenvalue weighted by molar-refractivity contribution is -0.148. The van der Waals surface area contributed by atoms with Crippen molar-refractivity contribution in [2.45, 2.75) is 36.2 Å². The Morgan fingerprint density at radius 2 is 1.20 bits per heavy atom. The summed E-state index contributed by atoms with van der Waals surface area (Å²) >= 11 is 0.893. The van der Waals surface area contributed by atoms with Crippen LogP contribution in [-0.4, -0.2) is 70.5 Å². The van der Waals surface area contributed by atoms with Crippen LogP contribution in [0.4, 0.5) is 0 Å². The standard InChI is InChI=1S/C35H31NO13S/c1-42-13-15-44-30(37)9-11-32(39)46-21-3-6-26-28(17-21)48-29-18-22(47-33(40)12-10-31(38)45-16-14-43-2)4-7-27(29)35(26)25-8-5-23(50-20-36)19-24(25)34(41)49-35/h3-8,17-19H,9-16H2,1-2H3. The fourth-order valence-electron chi connectivity index (χ4n) is 5.31. The highest BCUT2D eigenvalue weighted by atomic mass is 32.2. The van der Waals surface area contributed by atoms with Crippen LogP contribution in [0.15, 0.2) is 59.5 Å². The molecule has 0 fully saturated rings. The van der Waals surface area contributed by atoms with Crippen molar-refractivity contribution in [1.29, 1.82) is 5.26 Å². The van der Waals surface area contributed by atoms with E-state index in [-0.39, 0.29) is 80.7 Å². The third-order valence-electron chi connectivity index (χ3n) is 7.52. The Morgan fingerprint density at radius 3 is 1.70 bits per heavy atom. The Bertz CT molecular complexity index is 1760. The maximum Gasteiger partial charge on any atom is 0.340 e. The first kappa shape index (κ1) is 35.9. The van der Waals surface area contributed by atoms with E-state index in [1.54, 1.807) is 30.3 Å². The lowest BCUT2D eigenvalue weighted by Gasteiger charge is -2.36. The second kappa shape index (κ2) is 16.3. The summed E-state index contributed by atoms with van der Waals surface area (Å²) in [5.74, 6) is -2.69. The molecule has 0 saturated heterocycles. The molecular formula is C35H31NO13S. The average Bonchev–Trinajstić information content (AvgIpc) is 3.38. The predicted octanol–water partition coefficient (Wildman–Crippen LogP) is 4.58. The van der Waals surface area contributed by atoms with Crippen LogP contribution in [-0.2, 0) is 48.5 Å². The first-order valence-corrected chi connectivity index (χ1v) is 16.1. The number of fused-ring (bicyclic) bond motifs is 6. The molecule has 260 valence electrons. The van der Waals surface area contributed by atoms with Gasteiger partial charge in [-0.2, -0.15) is 5.26 Å². The number of carbonyl (C=O) groups is 5. The lowest BCUT2D eigenvalue weighted by Crippen LogP contribution is -2.33. The molecule has 2 heterocycles. The van der Waals surface area contributed by atoms with Gasteiger partial charge in [0.05, 0.1) is 44.5 Å². The molecule has 50 heavy (non-hydrogen) atoms. The molecule has 0 amide bonds. The van der Waals surface area contributed by atoms with Gasteiger partial charge in [0.15, 0.2) is 5.60 Å². The third-order valence-corrected chi connectivity index (χ3v) is 8.10. The summed E-state index contributed by atoms with van der Waals surface area (Å²) in [4.78, 5) is 62.9. The third kappa shape index (κ3) is 8.05. The van der Waals surface area contributed by atoms with Gasteiger partial charge < -0.3 is 37.9 Å². The molecule has 3 aromatic carbocycles. The second-order valence-electron chi connectivity index (χ2n) is 10.8. The number of nitrogens with zero attached hydrogens (tertiary/aromatic N) is 1. The maximum atomic E-state index is 13.4. The van der Waals surface area contributed by atoms with E-state index in [1.165, 1.54) is 38.5 Å². The van der Waals surface area contributed by atoms with Crippen molar-refractivity contribution >= 4 is 41.6 Å². The average molecular weight is 706 g/mol. The normalized spacial score (nSPS) is 13.1. The van der Waals surface area contributed by atoms with Crippen molar-refractivity contribution in [2.75, 3.05) is 40.6 Å². The molecule has 14 nitrogen and oxygen atoms in total. The SMILES string of the molecule is COCCOC(=O)CCC(=O)Oc1ccc2c(c1)Oc1cc(OC(=O)CCC(=O)OCCOC)ccc1C21OC(=O)c2cc(SC#N)ccc21. The molecule has 0 saturated carbocycles. The monoisotopic (exact) mass is 705 g/mol. The van der Waals surface area contributed by atoms with E-state index in [0.717, 1.165) is 11.8 Å². The molecule has 15 heteroatoms. The zero-order valence-corrected chi connectivity index (χ0v) is 27.8. The van der Waals surface area contributed by atoms with Gasteiger partial charge >= 0.3 is 29.8 Å². The van der Waals surface area contributed by atoms with Gasteiger partial charge in [0.1, 0.15) is 41.6 Å². The minimum absolute atomic E-state index is 0.0623. The van der Waals surface area contributed by atoms with Crippen molar-refractivity contribution < 1.29 is 61.9 Å². The fraction of sp³-hybridized carbons (Fsp3) is 0.314. The van der Waals surface area contributed by atoms with Crippen molar-refractivity contribution in [2.24, 2.45) is 0 Å². The number of thiocyanates is 1. The van der Waals surface area contributed by atoms with Crippen LogP contribution in [0.5, 0.6) is 23.0 Å². The minimum Gasteiger partial charge on any atom is -0.463 e. The smallest absolute Gasteiger partial charge is 0.340 e. The molecule has 3 aromatic rings. The number of thioether (sulfide) groups is 1. The molecule has 1 spiro atoms. The number of methoxy groups -OCH3 is 2. The van der Waals surface area contributed by atoms with Gasteiger partial charge in [-0.15, -0.1) is 0 Å². The summed E-state index contributed by atoms with van der Waals surface area (Å²) in [7, 11) is 2.94. The van der Waals surface area contributed by atoms with Crippen LogP contribution in [0.2, 0.25) is 0 Å². The Hall–Kier alpha value is -5.43. The van der Waals surface area contributed by atoms with E-state index in [0.29, 0.717) is 21.6 Å². The van der Waals surface area contributed by atoms with Crippen molar-refractivity contribution in [3.05, 3.63) is 76.9 Å². The number of nitriles is 1. The molecule has 2 aliphatic rings. The van der Waals surface area contributed by atoms with Gasteiger partial charge in [-0.3, -0.25) is 19.2 Å². The number of rotatable bonds is 15. The number of esters is 5. The first-order valence-electron chi connectivity index (χ1n) is 15.3. The van der Waals surface area contributed by atoms with Gasteiger partial charge in [-0.1, -0.05) is 6.07 Å². The Balaban J connectivity index is 1.42. The summed E-state index contributed by atoms with van der Waals surface area (Å²) < 4.78 is 42.9. The quantitative estimate of drug-likeness (QED) is 0.0534. The van der Waals surface area contributed by atoms with Crippen LogP contribution in [0, 0.1) is 10.7 Å². The molecule has 0 atom stereocenters. The topological polar surface area (TPSA) is 183 Å². The maximum absolute atomic E-state index is 13.4. The molecule has 2 aliphatic heterocycles. The number of hydrogen-bond donors (Lipinski definition) is 0. The van der Waals surface area contributed by atoms with E-state index >= 15 is 0 Å². The van der Waals surface area contributed by atoms with Crippen LogP contribution in [0.1, 0.15) is 52.7 Å². The predicted molar refractivity (Wildman–Crippen MR) is 172 cm³/mol. The molecule has 0 N–H and O–H groups in total. The van der Waals surface area contributed by atoms with E-state index in [9.17, 15) is 29.2 Å². The number of benzene rings is 3. The Morgan fingerprint density at radius 1 is 0.700 bits per heavy atom. The number of hydrogen-bond acceptors (Lipinski definition) is 15. The van der Waals surface area contributed by atoms with Gasteiger partial charge in [0, 0.05) is 47.9 Å². The Kier molecular flexibility index (Phi) is 11.7. The van der Waals surface area contributed by atoms with E-state index in [1.807, 2.05) is 5.40 Å². The highest BCUT2D eigenvalue weighted by Gasteiger charge is 2.53. The zero-order chi connectivity index (χ0) is 35.7. The molecular weight excluding hydrogens is 674 g/mol. The van der Waals surface area contributed by atoms with E-state index in [2.05, 4.69) is 0 Å². The molecule has 5 rings (SSSR count). The highest BCUT2D eigenvalue weighted by Crippen LogP contribution is 2.57. The van der Waals surface area contributed by atoms with Crippen molar-refractivity contribution in [3.63, 3.8) is 0 Å². The molecule has 0 aliphatic carbocycles.